The van der Waals surface area contributed by atoms with Gasteiger partial charge < -0.3 is 4.74 Å². The Morgan fingerprint density at radius 2 is 1.70 bits per heavy atom. The van der Waals surface area contributed by atoms with E-state index in [0.29, 0.717) is 5.02 Å². The molecule has 0 fully saturated rings. The van der Waals surface area contributed by atoms with E-state index >= 15 is 0 Å². The lowest BCUT2D eigenvalue weighted by Gasteiger charge is -2.21. The van der Waals surface area contributed by atoms with Crippen LogP contribution in [0.2, 0.25) is 5.02 Å². The number of carbonyl (C=O) groups excluding carboxylic acids is 1. The standard InChI is InChI=1S/C16H16ClNO4S/c1-22-16(19)12-18(11-13-5-3-2-4-6-13)23(20,21)15-9-7-14(17)8-10-15/h2-10H,11-12H2,1H3. The van der Waals surface area contributed by atoms with Gasteiger partial charge in [-0.1, -0.05) is 41.9 Å². The summed E-state index contributed by atoms with van der Waals surface area (Å²) < 4.78 is 31.2. The van der Waals surface area contributed by atoms with Crippen LogP contribution < -0.4 is 0 Å². The van der Waals surface area contributed by atoms with Gasteiger partial charge in [-0.15, -0.1) is 0 Å². The van der Waals surface area contributed by atoms with E-state index in [-0.39, 0.29) is 18.0 Å². The highest BCUT2D eigenvalue weighted by Gasteiger charge is 2.27. The molecular weight excluding hydrogens is 338 g/mol. The van der Waals surface area contributed by atoms with E-state index in [0.717, 1.165) is 9.87 Å². The monoisotopic (exact) mass is 353 g/mol. The summed E-state index contributed by atoms with van der Waals surface area (Å²) in [4.78, 5) is 11.7. The number of halogens is 1. The van der Waals surface area contributed by atoms with E-state index in [4.69, 9.17) is 11.6 Å². The predicted octanol–water partition coefficient (Wildman–Crippen LogP) is 2.70. The first-order valence-corrected chi connectivity index (χ1v) is 8.62. The quantitative estimate of drug-likeness (QED) is 0.749. The van der Waals surface area contributed by atoms with Gasteiger partial charge in [0.25, 0.3) is 0 Å². The molecule has 0 aliphatic rings. The van der Waals surface area contributed by atoms with Gasteiger partial charge in [-0.05, 0) is 29.8 Å². The predicted molar refractivity (Wildman–Crippen MR) is 87.5 cm³/mol. The number of benzene rings is 2. The van der Waals surface area contributed by atoms with Crippen LogP contribution in [0.4, 0.5) is 0 Å². The summed E-state index contributed by atoms with van der Waals surface area (Å²) in [5.74, 6) is -0.626. The van der Waals surface area contributed by atoms with Crippen molar-refractivity contribution in [2.75, 3.05) is 13.7 Å². The Balaban J connectivity index is 2.35. The van der Waals surface area contributed by atoms with Crippen molar-refractivity contribution in [2.45, 2.75) is 11.4 Å². The number of rotatable bonds is 6. The largest absolute Gasteiger partial charge is 0.468 e. The summed E-state index contributed by atoms with van der Waals surface area (Å²) in [6.45, 7) is -0.294. The number of hydrogen-bond donors (Lipinski definition) is 0. The van der Waals surface area contributed by atoms with Crippen molar-refractivity contribution in [2.24, 2.45) is 0 Å². The third kappa shape index (κ3) is 4.54. The summed E-state index contributed by atoms with van der Waals surface area (Å²) in [5.41, 5.74) is 0.772. The molecule has 0 saturated carbocycles. The zero-order valence-corrected chi connectivity index (χ0v) is 14.0. The number of methoxy groups -OCH3 is 1. The Kier molecular flexibility index (Phi) is 5.76. The maximum absolute atomic E-state index is 12.8. The molecule has 0 amide bonds. The average Bonchev–Trinajstić information content (AvgIpc) is 2.55. The van der Waals surface area contributed by atoms with Crippen LogP contribution in [0.25, 0.3) is 0 Å². The fraction of sp³-hybridized carbons (Fsp3) is 0.188. The highest BCUT2D eigenvalue weighted by atomic mass is 35.5. The molecule has 0 spiro atoms. The van der Waals surface area contributed by atoms with Crippen molar-refractivity contribution < 1.29 is 17.9 Å². The fourth-order valence-corrected chi connectivity index (χ4v) is 3.48. The molecule has 122 valence electrons. The summed E-state index contributed by atoms with van der Waals surface area (Å²) in [7, 11) is -2.63. The lowest BCUT2D eigenvalue weighted by molar-refractivity contribution is -0.140. The van der Waals surface area contributed by atoms with Crippen LogP contribution in [0.5, 0.6) is 0 Å². The van der Waals surface area contributed by atoms with E-state index < -0.39 is 16.0 Å². The van der Waals surface area contributed by atoms with Crippen molar-refractivity contribution in [3.8, 4) is 0 Å². The minimum atomic E-state index is -3.85. The topological polar surface area (TPSA) is 63.7 Å². The Morgan fingerprint density at radius 1 is 1.09 bits per heavy atom. The van der Waals surface area contributed by atoms with Crippen molar-refractivity contribution >= 4 is 27.6 Å². The molecule has 0 bridgehead atoms. The average molecular weight is 354 g/mol. The van der Waals surface area contributed by atoms with Gasteiger partial charge in [-0.2, -0.15) is 4.31 Å². The van der Waals surface area contributed by atoms with Crippen LogP contribution in [0.15, 0.2) is 59.5 Å². The van der Waals surface area contributed by atoms with E-state index in [2.05, 4.69) is 4.74 Å². The fourth-order valence-electron chi connectivity index (χ4n) is 1.98. The Hall–Kier alpha value is -1.89. The molecule has 0 aliphatic carbocycles. The lowest BCUT2D eigenvalue weighted by atomic mass is 10.2. The molecule has 2 rings (SSSR count). The molecule has 2 aromatic rings. The molecule has 0 aromatic heterocycles. The van der Waals surface area contributed by atoms with Gasteiger partial charge in [0.15, 0.2) is 0 Å². The van der Waals surface area contributed by atoms with Gasteiger partial charge in [0, 0.05) is 11.6 Å². The maximum Gasteiger partial charge on any atom is 0.321 e. The van der Waals surface area contributed by atoms with Crippen LogP contribution >= 0.6 is 11.6 Å². The molecule has 23 heavy (non-hydrogen) atoms. The lowest BCUT2D eigenvalue weighted by Crippen LogP contribution is -2.35. The highest BCUT2D eigenvalue weighted by Crippen LogP contribution is 2.20. The number of carbonyl (C=O) groups is 1. The highest BCUT2D eigenvalue weighted by molar-refractivity contribution is 7.89. The number of esters is 1. The molecule has 0 heterocycles. The number of ether oxygens (including phenoxy) is 1. The summed E-state index contributed by atoms with van der Waals surface area (Å²) >= 11 is 5.80. The normalized spacial score (nSPS) is 11.4. The van der Waals surface area contributed by atoms with Crippen molar-refractivity contribution in [3.63, 3.8) is 0 Å². The van der Waals surface area contributed by atoms with Crippen molar-refractivity contribution in [1.82, 2.24) is 4.31 Å². The third-order valence-electron chi connectivity index (χ3n) is 3.19. The molecule has 0 saturated heterocycles. The first-order valence-electron chi connectivity index (χ1n) is 6.80. The van der Waals surface area contributed by atoms with Crippen LogP contribution in [0.1, 0.15) is 5.56 Å². The SMILES string of the molecule is COC(=O)CN(Cc1ccccc1)S(=O)(=O)c1ccc(Cl)cc1. The second-order valence-electron chi connectivity index (χ2n) is 4.79. The molecule has 0 radical (unpaired) electrons. The van der Waals surface area contributed by atoms with E-state index in [1.807, 2.05) is 6.07 Å². The molecule has 5 nitrogen and oxygen atoms in total. The second kappa shape index (κ2) is 7.59. The van der Waals surface area contributed by atoms with Crippen molar-refractivity contribution in [1.29, 1.82) is 0 Å². The molecule has 0 N–H and O–H groups in total. The van der Waals surface area contributed by atoms with Crippen molar-refractivity contribution in [3.05, 3.63) is 65.2 Å². The Bertz CT molecular complexity index is 760. The van der Waals surface area contributed by atoms with Gasteiger partial charge in [0.2, 0.25) is 10.0 Å². The number of nitrogens with zero attached hydrogens (tertiary/aromatic N) is 1. The van der Waals surface area contributed by atoms with E-state index in [1.165, 1.54) is 31.4 Å². The summed E-state index contributed by atoms with van der Waals surface area (Å²) in [6.07, 6.45) is 0. The van der Waals surface area contributed by atoms with Crippen LogP contribution in [0.3, 0.4) is 0 Å². The molecule has 7 heteroatoms. The maximum atomic E-state index is 12.8. The zero-order chi connectivity index (χ0) is 16.9. The van der Waals surface area contributed by atoms with E-state index in [1.54, 1.807) is 24.3 Å². The van der Waals surface area contributed by atoms with E-state index in [9.17, 15) is 13.2 Å². The first kappa shape index (κ1) is 17.5. The second-order valence-corrected chi connectivity index (χ2v) is 7.16. The van der Waals surface area contributed by atoms with Crippen LogP contribution in [0, 0.1) is 0 Å². The Morgan fingerprint density at radius 3 is 2.26 bits per heavy atom. The van der Waals surface area contributed by atoms with Gasteiger partial charge in [-0.3, -0.25) is 4.79 Å². The first-order chi connectivity index (χ1) is 10.9. The minimum Gasteiger partial charge on any atom is -0.468 e. The van der Waals surface area contributed by atoms with Gasteiger partial charge in [0.05, 0.1) is 12.0 Å². The number of sulfonamides is 1. The van der Waals surface area contributed by atoms with Crippen LogP contribution in [-0.2, 0) is 26.1 Å². The summed E-state index contributed by atoms with van der Waals surface area (Å²) in [6, 6.07) is 14.8. The molecule has 2 aromatic carbocycles. The zero-order valence-electron chi connectivity index (χ0n) is 12.5. The van der Waals surface area contributed by atoms with Crippen LogP contribution in [-0.4, -0.2) is 32.3 Å². The molecule has 0 atom stereocenters. The molecule has 0 unspecified atom stereocenters. The Labute approximate surface area is 140 Å². The number of hydrogen-bond acceptors (Lipinski definition) is 4. The smallest absolute Gasteiger partial charge is 0.321 e. The minimum absolute atomic E-state index is 0.0703. The summed E-state index contributed by atoms with van der Waals surface area (Å²) in [5, 5.41) is 0.437. The molecule has 0 aliphatic heterocycles. The van der Waals surface area contributed by atoms with Gasteiger partial charge >= 0.3 is 5.97 Å². The van der Waals surface area contributed by atoms with Gasteiger partial charge in [0.1, 0.15) is 6.54 Å². The third-order valence-corrected chi connectivity index (χ3v) is 5.24. The van der Waals surface area contributed by atoms with Gasteiger partial charge in [-0.25, -0.2) is 8.42 Å². The molecular formula is C16H16ClNO4S.